The number of carbonyl (C=O) groups excluding carboxylic acids is 1. The van der Waals surface area contributed by atoms with Crippen molar-refractivity contribution in [2.45, 2.75) is 64.1 Å². The molecule has 1 aliphatic carbocycles. The molecule has 0 aromatic carbocycles. The fourth-order valence-electron chi connectivity index (χ4n) is 2.32. The quantitative estimate of drug-likeness (QED) is 0.717. The van der Waals surface area contributed by atoms with E-state index < -0.39 is 11.5 Å². The van der Waals surface area contributed by atoms with Gasteiger partial charge in [0.25, 0.3) is 0 Å². The number of amides is 2. The summed E-state index contributed by atoms with van der Waals surface area (Å²) in [5, 5.41) is 11.8. The van der Waals surface area contributed by atoms with E-state index in [9.17, 15) is 9.59 Å². The van der Waals surface area contributed by atoms with Gasteiger partial charge in [0.15, 0.2) is 0 Å². The number of carbonyl (C=O) groups is 2. The predicted octanol–water partition coefficient (Wildman–Crippen LogP) is 1.15. The number of carboxylic acid groups (broad SMARTS) is 1. The van der Waals surface area contributed by atoms with Crippen LogP contribution in [0.15, 0.2) is 0 Å². The Labute approximate surface area is 114 Å². The molecule has 2 atom stereocenters. The van der Waals surface area contributed by atoms with Crippen molar-refractivity contribution in [2.75, 3.05) is 6.54 Å². The highest BCUT2D eigenvalue weighted by Crippen LogP contribution is 2.19. The number of hydrogen-bond donors (Lipinski definition) is 3. The van der Waals surface area contributed by atoms with Gasteiger partial charge in [-0.15, -0.1) is 0 Å². The Bertz CT molecular complexity index is 339. The normalized spacial score (nSPS) is 23.8. The zero-order chi connectivity index (χ0) is 14.6. The molecule has 0 aromatic heterocycles. The smallest absolute Gasteiger partial charge is 0.323 e. The fourth-order valence-corrected chi connectivity index (χ4v) is 2.32. The highest BCUT2D eigenvalue weighted by atomic mass is 16.4. The number of nitrogens with one attached hydrogen (secondary N) is 1. The summed E-state index contributed by atoms with van der Waals surface area (Å²) in [7, 11) is 0. The summed E-state index contributed by atoms with van der Waals surface area (Å²) in [6.45, 7) is 5.14. The van der Waals surface area contributed by atoms with Gasteiger partial charge in [0.05, 0.1) is 0 Å². The first kappa shape index (κ1) is 15.8. The molecule has 0 heterocycles. The van der Waals surface area contributed by atoms with Crippen LogP contribution in [0, 0.1) is 0 Å². The number of hydrogen-bond acceptors (Lipinski definition) is 3. The molecule has 1 saturated carbocycles. The van der Waals surface area contributed by atoms with Crippen LogP contribution in [0.25, 0.3) is 0 Å². The van der Waals surface area contributed by atoms with Gasteiger partial charge in [0.2, 0.25) is 0 Å². The van der Waals surface area contributed by atoms with Crippen molar-refractivity contribution in [3.63, 3.8) is 0 Å². The molecule has 6 heteroatoms. The van der Waals surface area contributed by atoms with Crippen molar-refractivity contribution in [2.24, 2.45) is 5.73 Å². The highest BCUT2D eigenvalue weighted by molar-refractivity contribution is 5.81. The van der Waals surface area contributed by atoms with E-state index in [0.29, 0.717) is 0 Å². The van der Waals surface area contributed by atoms with Crippen LogP contribution in [0.1, 0.15) is 46.5 Å². The standard InChI is InChI=1S/C13H25N3O3/c1-13(2,3)16(8-11(17)18)12(19)15-10-7-5-4-6-9(10)14/h9-10H,4-8,14H2,1-3H3,(H,15,19)(H,17,18). The zero-order valence-electron chi connectivity index (χ0n) is 12.0. The molecule has 2 amide bonds. The summed E-state index contributed by atoms with van der Waals surface area (Å²) in [5.41, 5.74) is 5.45. The number of nitrogens with zero attached hydrogens (tertiary/aromatic N) is 1. The van der Waals surface area contributed by atoms with E-state index in [1.165, 1.54) is 4.90 Å². The van der Waals surface area contributed by atoms with E-state index in [2.05, 4.69) is 5.32 Å². The number of aliphatic carboxylic acids is 1. The average molecular weight is 271 g/mol. The Hall–Kier alpha value is -1.30. The van der Waals surface area contributed by atoms with Gasteiger partial charge >= 0.3 is 12.0 Å². The molecule has 1 rings (SSSR count). The van der Waals surface area contributed by atoms with Crippen molar-refractivity contribution >= 4 is 12.0 Å². The van der Waals surface area contributed by atoms with E-state index in [0.717, 1.165) is 25.7 Å². The minimum atomic E-state index is -1.02. The Balaban J connectivity index is 2.68. The van der Waals surface area contributed by atoms with Gasteiger partial charge in [-0.25, -0.2) is 4.79 Å². The largest absolute Gasteiger partial charge is 0.480 e. The lowest BCUT2D eigenvalue weighted by atomic mass is 9.91. The summed E-state index contributed by atoms with van der Waals surface area (Å²) >= 11 is 0. The van der Waals surface area contributed by atoms with Gasteiger partial charge in [0, 0.05) is 17.6 Å². The maximum absolute atomic E-state index is 12.2. The number of nitrogens with two attached hydrogens (primary N) is 1. The van der Waals surface area contributed by atoms with Gasteiger partial charge < -0.3 is 21.1 Å². The predicted molar refractivity (Wildman–Crippen MR) is 72.9 cm³/mol. The second kappa shape index (κ2) is 6.23. The number of rotatable bonds is 3. The van der Waals surface area contributed by atoms with E-state index >= 15 is 0 Å². The van der Waals surface area contributed by atoms with E-state index in [-0.39, 0.29) is 24.7 Å². The van der Waals surface area contributed by atoms with Crippen LogP contribution in [0.4, 0.5) is 4.79 Å². The summed E-state index contributed by atoms with van der Waals surface area (Å²) in [6.07, 6.45) is 3.90. The van der Waals surface area contributed by atoms with Gasteiger partial charge in [-0.1, -0.05) is 12.8 Å². The molecule has 0 spiro atoms. The van der Waals surface area contributed by atoms with Crippen LogP contribution < -0.4 is 11.1 Å². The summed E-state index contributed by atoms with van der Waals surface area (Å²) in [4.78, 5) is 24.4. The molecular weight excluding hydrogens is 246 g/mol. The summed E-state index contributed by atoms with van der Waals surface area (Å²) < 4.78 is 0. The molecule has 0 aromatic rings. The molecule has 19 heavy (non-hydrogen) atoms. The first-order valence-electron chi connectivity index (χ1n) is 6.77. The third kappa shape index (κ3) is 4.70. The van der Waals surface area contributed by atoms with E-state index in [4.69, 9.17) is 10.8 Å². The zero-order valence-corrected chi connectivity index (χ0v) is 12.0. The van der Waals surface area contributed by atoms with Crippen molar-refractivity contribution in [3.8, 4) is 0 Å². The van der Waals surface area contributed by atoms with Gasteiger partial charge in [-0.05, 0) is 33.6 Å². The van der Waals surface area contributed by atoms with Gasteiger partial charge in [0.1, 0.15) is 6.54 Å². The van der Waals surface area contributed by atoms with Crippen LogP contribution in [0.5, 0.6) is 0 Å². The third-order valence-electron chi connectivity index (χ3n) is 3.48. The first-order valence-corrected chi connectivity index (χ1v) is 6.77. The molecule has 0 bridgehead atoms. The van der Waals surface area contributed by atoms with Crippen molar-refractivity contribution in [3.05, 3.63) is 0 Å². The van der Waals surface area contributed by atoms with Crippen LogP contribution in [-0.4, -0.2) is 46.2 Å². The van der Waals surface area contributed by atoms with Crippen LogP contribution >= 0.6 is 0 Å². The van der Waals surface area contributed by atoms with E-state index in [1.54, 1.807) is 0 Å². The third-order valence-corrected chi connectivity index (χ3v) is 3.48. The maximum Gasteiger partial charge on any atom is 0.323 e. The van der Waals surface area contributed by atoms with Crippen molar-refractivity contribution < 1.29 is 14.7 Å². The second-order valence-electron chi connectivity index (χ2n) is 6.15. The SMILES string of the molecule is CC(C)(C)N(CC(=O)O)C(=O)NC1CCCCC1N. The van der Waals surface area contributed by atoms with Crippen LogP contribution in [0.3, 0.4) is 0 Å². The fraction of sp³-hybridized carbons (Fsp3) is 0.846. The Morgan fingerprint density at radius 3 is 2.37 bits per heavy atom. The second-order valence-corrected chi connectivity index (χ2v) is 6.15. The van der Waals surface area contributed by atoms with Crippen LogP contribution in [0.2, 0.25) is 0 Å². The lowest BCUT2D eigenvalue weighted by molar-refractivity contribution is -0.138. The van der Waals surface area contributed by atoms with Crippen molar-refractivity contribution in [1.82, 2.24) is 10.2 Å². The minimum Gasteiger partial charge on any atom is -0.480 e. The molecular formula is C13H25N3O3. The molecule has 110 valence electrons. The Kier molecular flexibility index (Phi) is 5.17. The van der Waals surface area contributed by atoms with Gasteiger partial charge in [-0.3, -0.25) is 4.79 Å². The number of carboxylic acids is 1. The lowest BCUT2D eigenvalue weighted by Gasteiger charge is -2.37. The molecule has 0 aliphatic heterocycles. The summed E-state index contributed by atoms with van der Waals surface area (Å²) in [6, 6.07) is -0.443. The molecule has 0 radical (unpaired) electrons. The summed E-state index contributed by atoms with van der Waals surface area (Å²) in [5.74, 6) is -1.02. The van der Waals surface area contributed by atoms with Crippen LogP contribution in [-0.2, 0) is 4.79 Å². The first-order chi connectivity index (χ1) is 8.71. The highest BCUT2D eigenvalue weighted by Gasteiger charge is 2.31. The average Bonchev–Trinajstić information content (AvgIpc) is 2.27. The Morgan fingerprint density at radius 2 is 1.89 bits per heavy atom. The molecule has 1 fully saturated rings. The molecule has 2 unspecified atom stereocenters. The van der Waals surface area contributed by atoms with Crippen molar-refractivity contribution in [1.29, 1.82) is 0 Å². The number of urea groups is 1. The van der Waals surface area contributed by atoms with Gasteiger partial charge in [-0.2, -0.15) is 0 Å². The molecule has 1 aliphatic rings. The monoisotopic (exact) mass is 271 g/mol. The molecule has 0 saturated heterocycles. The Morgan fingerprint density at radius 1 is 1.32 bits per heavy atom. The minimum absolute atomic E-state index is 0.0376. The molecule has 6 nitrogen and oxygen atoms in total. The maximum atomic E-state index is 12.2. The molecule has 4 N–H and O–H groups in total. The van der Waals surface area contributed by atoms with E-state index in [1.807, 2.05) is 20.8 Å². The lowest BCUT2D eigenvalue weighted by Crippen LogP contribution is -2.58. The topological polar surface area (TPSA) is 95.7 Å².